The van der Waals surface area contributed by atoms with Crippen molar-refractivity contribution in [2.75, 3.05) is 20.2 Å². The number of nitrogens with zero attached hydrogens (tertiary/aromatic N) is 2. The summed E-state index contributed by atoms with van der Waals surface area (Å²) in [5.74, 6) is 0.728. The summed E-state index contributed by atoms with van der Waals surface area (Å²) in [6, 6.07) is 4.58. The molecule has 0 amide bonds. The van der Waals surface area contributed by atoms with Gasteiger partial charge in [-0.25, -0.2) is 9.38 Å². The van der Waals surface area contributed by atoms with Crippen LogP contribution in [0.1, 0.15) is 24.8 Å². The Hall–Kier alpha value is -1.78. The third-order valence-electron chi connectivity index (χ3n) is 3.27. The molecule has 1 saturated heterocycles. The number of ether oxygens (including phenoxy) is 1. The number of methoxy groups -OCH3 is 1. The van der Waals surface area contributed by atoms with E-state index in [1.165, 1.54) is 25.7 Å². The molecule has 0 aromatic heterocycles. The molecule has 1 aromatic rings. The van der Waals surface area contributed by atoms with Gasteiger partial charge in [-0.3, -0.25) is 0 Å². The molecular formula is C14H20FN3O. The lowest BCUT2D eigenvalue weighted by Gasteiger charge is -2.27. The summed E-state index contributed by atoms with van der Waals surface area (Å²) in [6.45, 7) is 2.29. The van der Waals surface area contributed by atoms with Gasteiger partial charge in [-0.05, 0) is 37.0 Å². The number of halogens is 1. The molecular weight excluding hydrogens is 245 g/mol. The number of hydrogen-bond donors (Lipinski definition) is 1. The van der Waals surface area contributed by atoms with Gasteiger partial charge in [0, 0.05) is 19.2 Å². The van der Waals surface area contributed by atoms with Crippen LogP contribution in [0.2, 0.25) is 0 Å². The molecule has 4 nitrogen and oxygen atoms in total. The molecule has 2 rings (SSSR count). The first-order chi connectivity index (χ1) is 9.19. The lowest BCUT2D eigenvalue weighted by atomic mass is 10.1. The predicted molar refractivity (Wildman–Crippen MR) is 73.7 cm³/mol. The first kappa shape index (κ1) is 13.6. The second kappa shape index (κ2) is 6.41. The largest absolute Gasteiger partial charge is 0.497 e. The van der Waals surface area contributed by atoms with E-state index in [1.807, 2.05) is 0 Å². The van der Waals surface area contributed by atoms with Crippen LogP contribution in [-0.2, 0) is 6.54 Å². The molecule has 0 radical (unpaired) electrons. The lowest BCUT2D eigenvalue weighted by molar-refractivity contribution is 0.338. The van der Waals surface area contributed by atoms with Crippen LogP contribution in [-0.4, -0.2) is 31.1 Å². The molecule has 0 bridgehead atoms. The Morgan fingerprint density at radius 3 is 2.74 bits per heavy atom. The van der Waals surface area contributed by atoms with Crippen molar-refractivity contribution in [3.05, 3.63) is 29.6 Å². The first-order valence-corrected chi connectivity index (χ1v) is 6.57. The van der Waals surface area contributed by atoms with E-state index in [9.17, 15) is 4.39 Å². The van der Waals surface area contributed by atoms with Crippen LogP contribution in [0, 0.1) is 5.82 Å². The topological polar surface area (TPSA) is 50.9 Å². The number of benzene rings is 1. The van der Waals surface area contributed by atoms with E-state index in [1.54, 1.807) is 6.07 Å². The van der Waals surface area contributed by atoms with E-state index in [0.29, 0.717) is 18.3 Å². The van der Waals surface area contributed by atoms with Gasteiger partial charge in [0.05, 0.1) is 13.7 Å². The summed E-state index contributed by atoms with van der Waals surface area (Å²) in [6.07, 6.45) is 3.57. The highest BCUT2D eigenvalue weighted by Gasteiger charge is 2.11. The third kappa shape index (κ3) is 3.84. The number of aliphatic imine (C=N–C) groups is 1. The molecule has 0 saturated carbocycles. The Kier molecular flexibility index (Phi) is 4.60. The molecule has 5 heteroatoms. The van der Waals surface area contributed by atoms with Gasteiger partial charge in [0.2, 0.25) is 0 Å². The number of hydrogen-bond acceptors (Lipinski definition) is 2. The Morgan fingerprint density at radius 1 is 1.32 bits per heavy atom. The fraction of sp³-hybridized carbons (Fsp3) is 0.500. The molecule has 0 atom stereocenters. The minimum atomic E-state index is -0.318. The van der Waals surface area contributed by atoms with Crippen molar-refractivity contribution in [2.24, 2.45) is 10.7 Å². The number of likely N-dealkylation sites (tertiary alicyclic amines) is 1. The van der Waals surface area contributed by atoms with Crippen LogP contribution in [0.15, 0.2) is 23.2 Å². The predicted octanol–water partition coefficient (Wildman–Crippen LogP) is 2.13. The van der Waals surface area contributed by atoms with Gasteiger partial charge < -0.3 is 15.4 Å². The molecule has 1 aliphatic heterocycles. The Morgan fingerprint density at radius 2 is 2.05 bits per heavy atom. The zero-order chi connectivity index (χ0) is 13.7. The van der Waals surface area contributed by atoms with E-state index in [0.717, 1.165) is 31.5 Å². The van der Waals surface area contributed by atoms with E-state index in [4.69, 9.17) is 10.5 Å². The molecule has 2 N–H and O–H groups in total. The second-order valence-corrected chi connectivity index (χ2v) is 4.72. The number of piperidine rings is 1. The van der Waals surface area contributed by atoms with Gasteiger partial charge in [-0.1, -0.05) is 0 Å². The lowest BCUT2D eigenvalue weighted by Crippen LogP contribution is -2.40. The van der Waals surface area contributed by atoms with E-state index >= 15 is 0 Å². The molecule has 1 aliphatic rings. The minimum Gasteiger partial charge on any atom is -0.497 e. The minimum absolute atomic E-state index is 0.318. The van der Waals surface area contributed by atoms with Gasteiger partial charge in [0.25, 0.3) is 0 Å². The van der Waals surface area contributed by atoms with Crippen molar-refractivity contribution in [3.63, 3.8) is 0 Å². The SMILES string of the molecule is COc1cc(F)cc(CN=C(N)N2CCCCC2)c1. The van der Waals surface area contributed by atoms with E-state index in [-0.39, 0.29) is 5.82 Å². The van der Waals surface area contributed by atoms with Crippen molar-refractivity contribution in [1.82, 2.24) is 4.90 Å². The molecule has 104 valence electrons. The summed E-state index contributed by atoms with van der Waals surface area (Å²) in [4.78, 5) is 6.42. The standard InChI is InChI=1S/C14H20FN3O/c1-19-13-8-11(7-12(15)9-13)10-17-14(16)18-5-3-2-4-6-18/h7-9H,2-6,10H2,1H3,(H2,16,17). The first-order valence-electron chi connectivity index (χ1n) is 6.57. The van der Waals surface area contributed by atoms with Crippen LogP contribution in [0.4, 0.5) is 4.39 Å². The van der Waals surface area contributed by atoms with Crippen LogP contribution in [0.25, 0.3) is 0 Å². The normalized spacial score (nSPS) is 16.5. The maximum atomic E-state index is 13.3. The fourth-order valence-corrected chi connectivity index (χ4v) is 2.23. The monoisotopic (exact) mass is 265 g/mol. The van der Waals surface area contributed by atoms with Crippen molar-refractivity contribution in [2.45, 2.75) is 25.8 Å². The molecule has 1 aromatic carbocycles. The molecule has 0 unspecified atom stereocenters. The molecule has 0 spiro atoms. The Labute approximate surface area is 113 Å². The van der Waals surface area contributed by atoms with Crippen molar-refractivity contribution < 1.29 is 9.13 Å². The van der Waals surface area contributed by atoms with Crippen LogP contribution in [0.5, 0.6) is 5.75 Å². The quantitative estimate of drug-likeness (QED) is 0.673. The van der Waals surface area contributed by atoms with E-state index in [2.05, 4.69) is 9.89 Å². The molecule has 1 fully saturated rings. The van der Waals surface area contributed by atoms with Crippen LogP contribution in [0.3, 0.4) is 0 Å². The maximum absolute atomic E-state index is 13.3. The van der Waals surface area contributed by atoms with Gasteiger partial charge in [0.1, 0.15) is 11.6 Å². The highest BCUT2D eigenvalue weighted by atomic mass is 19.1. The fourth-order valence-electron chi connectivity index (χ4n) is 2.23. The van der Waals surface area contributed by atoms with Gasteiger partial charge in [-0.2, -0.15) is 0 Å². The average Bonchev–Trinajstić information content (AvgIpc) is 2.45. The molecule has 1 heterocycles. The highest BCUT2D eigenvalue weighted by molar-refractivity contribution is 5.78. The van der Waals surface area contributed by atoms with Gasteiger partial charge in [0.15, 0.2) is 5.96 Å². The zero-order valence-corrected chi connectivity index (χ0v) is 11.2. The van der Waals surface area contributed by atoms with Crippen molar-refractivity contribution in [1.29, 1.82) is 0 Å². The van der Waals surface area contributed by atoms with Crippen molar-refractivity contribution in [3.8, 4) is 5.75 Å². The van der Waals surface area contributed by atoms with Crippen molar-refractivity contribution >= 4 is 5.96 Å². The Balaban J connectivity index is 2.02. The molecule has 0 aliphatic carbocycles. The van der Waals surface area contributed by atoms with Crippen LogP contribution < -0.4 is 10.5 Å². The smallest absolute Gasteiger partial charge is 0.191 e. The number of guanidine groups is 1. The zero-order valence-electron chi connectivity index (χ0n) is 11.2. The molecule has 19 heavy (non-hydrogen) atoms. The Bertz CT molecular complexity index is 456. The second-order valence-electron chi connectivity index (χ2n) is 4.72. The van der Waals surface area contributed by atoms with Gasteiger partial charge >= 0.3 is 0 Å². The third-order valence-corrected chi connectivity index (χ3v) is 3.27. The maximum Gasteiger partial charge on any atom is 0.191 e. The summed E-state index contributed by atoms with van der Waals surface area (Å²) < 4.78 is 18.4. The van der Waals surface area contributed by atoms with Gasteiger partial charge in [-0.15, -0.1) is 0 Å². The highest BCUT2D eigenvalue weighted by Crippen LogP contribution is 2.17. The number of rotatable bonds is 3. The average molecular weight is 265 g/mol. The summed E-state index contributed by atoms with van der Waals surface area (Å²) in [7, 11) is 1.52. The summed E-state index contributed by atoms with van der Waals surface area (Å²) in [5.41, 5.74) is 6.72. The van der Waals surface area contributed by atoms with Crippen LogP contribution >= 0.6 is 0 Å². The summed E-state index contributed by atoms with van der Waals surface area (Å²) in [5, 5.41) is 0. The van der Waals surface area contributed by atoms with E-state index < -0.39 is 0 Å². The summed E-state index contributed by atoms with van der Waals surface area (Å²) >= 11 is 0. The number of nitrogens with two attached hydrogens (primary N) is 1.